The lowest BCUT2D eigenvalue weighted by Gasteiger charge is -2.16. The van der Waals surface area contributed by atoms with Crippen molar-refractivity contribution in [1.82, 2.24) is 14.6 Å². The smallest absolute Gasteiger partial charge is 0.254 e. The van der Waals surface area contributed by atoms with Crippen molar-refractivity contribution in [2.75, 3.05) is 7.05 Å². The van der Waals surface area contributed by atoms with Gasteiger partial charge in [-0.25, -0.2) is 18.1 Å². The molecule has 4 aromatic rings. The Morgan fingerprint density at radius 1 is 1.00 bits per heavy atom. The highest BCUT2D eigenvalue weighted by atomic mass is 32.2. The highest BCUT2D eigenvalue weighted by molar-refractivity contribution is 7.89. The number of carbonyl (C=O) groups excluding carboxylic acids is 1. The maximum atomic E-state index is 12.9. The van der Waals surface area contributed by atoms with Crippen LogP contribution in [0.3, 0.4) is 0 Å². The third-order valence-corrected chi connectivity index (χ3v) is 7.18. The Labute approximate surface area is 185 Å². The zero-order chi connectivity index (χ0) is 21.8. The van der Waals surface area contributed by atoms with Gasteiger partial charge >= 0.3 is 0 Å². The van der Waals surface area contributed by atoms with Crippen molar-refractivity contribution in [3.05, 3.63) is 95.0 Å². The van der Waals surface area contributed by atoms with E-state index in [1.165, 1.54) is 23.5 Å². The highest BCUT2D eigenvalue weighted by Gasteiger charge is 2.19. The van der Waals surface area contributed by atoms with E-state index >= 15 is 0 Å². The van der Waals surface area contributed by atoms with Crippen molar-refractivity contribution in [2.24, 2.45) is 0 Å². The molecule has 0 saturated carbocycles. The van der Waals surface area contributed by atoms with Gasteiger partial charge in [0.15, 0.2) is 0 Å². The normalized spacial score (nSPS) is 11.5. The van der Waals surface area contributed by atoms with Crippen molar-refractivity contribution < 1.29 is 13.2 Å². The topological polar surface area (TPSA) is 79.4 Å². The molecule has 3 aromatic carbocycles. The first kappa shape index (κ1) is 21.2. The first-order valence-corrected chi connectivity index (χ1v) is 12.0. The summed E-state index contributed by atoms with van der Waals surface area (Å²) in [7, 11) is -2.06. The summed E-state index contributed by atoms with van der Waals surface area (Å²) in [5.74, 6) is -0.264. The maximum absolute atomic E-state index is 12.9. The van der Waals surface area contributed by atoms with Crippen molar-refractivity contribution in [2.45, 2.75) is 18.0 Å². The van der Waals surface area contributed by atoms with E-state index in [2.05, 4.69) is 9.71 Å². The molecule has 0 unspecified atom stereocenters. The number of thiazole rings is 1. The zero-order valence-electron chi connectivity index (χ0n) is 16.9. The van der Waals surface area contributed by atoms with E-state index in [9.17, 15) is 13.2 Å². The van der Waals surface area contributed by atoms with Crippen LogP contribution in [-0.2, 0) is 23.1 Å². The van der Waals surface area contributed by atoms with Crippen LogP contribution in [0.25, 0.3) is 10.2 Å². The van der Waals surface area contributed by atoms with E-state index in [4.69, 9.17) is 0 Å². The third kappa shape index (κ3) is 4.99. The largest absolute Gasteiger partial charge is 0.335 e. The fourth-order valence-corrected chi connectivity index (χ4v) is 5.22. The second-order valence-electron chi connectivity index (χ2n) is 7.07. The molecule has 31 heavy (non-hydrogen) atoms. The van der Waals surface area contributed by atoms with Gasteiger partial charge in [-0.15, -0.1) is 11.3 Å². The molecule has 0 saturated heterocycles. The minimum atomic E-state index is -3.75. The number of rotatable bonds is 7. The maximum Gasteiger partial charge on any atom is 0.254 e. The van der Waals surface area contributed by atoms with Crippen LogP contribution in [0.4, 0.5) is 0 Å². The summed E-state index contributed by atoms with van der Waals surface area (Å²) in [5, 5.41) is 0.824. The summed E-state index contributed by atoms with van der Waals surface area (Å²) in [6.45, 7) is 0.528. The molecule has 6 nitrogen and oxygen atoms in total. The molecular weight excluding hydrogens is 430 g/mol. The van der Waals surface area contributed by atoms with Crippen molar-refractivity contribution in [3.63, 3.8) is 0 Å². The number of nitrogens with one attached hydrogen (secondary N) is 1. The Morgan fingerprint density at radius 2 is 1.74 bits per heavy atom. The molecule has 1 heterocycles. The van der Waals surface area contributed by atoms with Crippen LogP contribution < -0.4 is 4.72 Å². The van der Waals surface area contributed by atoms with Crippen LogP contribution in [0.2, 0.25) is 0 Å². The molecule has 0 aliphatic carbocycles. The van der Waals surface area contributed by atoms with Gasteiger partial charge in [0.25, 0.3) is 5.91 Å². The molecule has 1 aromatic heterocycles. The molecule has 0 radical (unpaired) electrons. The summed E-state index contributed by atoms with van der Waals surface area (Å²) in [5.41, 5.74) is 2.07. The number of carbonyl (C=O) groups is 1. The second-order valence-corrected chi connectivity index (χ2v) is 9.96. The van der Waals surface area contributed by atoms with Gasteiger partial charge in [0.05, 0.1) is 21.7 Å². The van der Waals surface area contributed by atoms with Gasteiger partial charge in [-0.1, -0.05) is 48.5 Å². The van der Waals surface area contributed by atoms with Gasteiger partial charge < -0.3 is 4.90 Å². The minimum Gasteiger partial charge on any atom is -0.335 e. The minimum absolute atomic E-state index is 0.0580. The molecule has 0 aliphatic rings. The standard InChI is InChI=1S/C23H21N3O3S2/c1-26(16-22-25-20-12-5-6-13-21(20)30-22)23(27)18-10-7-11-19(14-18)31(28,29)24-15-17-8-3-2-4-9-17/h2-14,24H,15-16H2,1H3. The molecular formula is C23H21N3O3S2. The lowest BCUT2D eigenvalue weighted by molar-refractivity contribution is 0.0785. The number of nitrogens with zero attached hydrogens (tertiary/aromatic N) is 2. The summed E-state index contributed by atoms with van der Waals surface area (Å²) >= 11 is 1.54. The summed E-state index contributed by atoms with van der Waals surface area (Å²) in [6, 6.07) is 23.2. The predicted octanol–water partition coefficient (Wildman–Crippen LogP) is 4.05. The number of hydrogen-bond acceptors (Lipinski definition) is 5. The summed E-state index contributed by atoms with van der Waals surface area (Å²) < 4.78 is 29.0. The zero-order valence-corrected chi connectivity index (χ0v) is 18.5. The molecule has 1 amide bonds. The van der Waals surface area contributed by atoms with Gasteiger partial charge in [-0.2, -0.15) is 0 Å². The number of benzene rings is 3. The molecule has 4 rings (SSSR count). The summed E-state index contributed by atoms with van der Waals surface area (Å²) in [4.78, 5) is 19.1. The quantitative estimate of drug-likeness (QED) is 0.460. The van der Waals surface area contributed by atoms with E-state index in [-0.39, 0.29) is 17.3 Å². The highest BCUT2D eigenvalue weighted by Crippen LogP contribution is 2.23. The molecule has 8 heteroatoms. The Bertz CT molecular complexity index is 1290. The average molecular weight is 452 g/mol. The number of aromatic nitrogens is 1. The van der Waals surface area contributed by atoms with E-state index < -0.39 is 10.0 Å². The van der Waals surface area contributed by atoms with Crippen LogP contribution in [0.15, 0.2) is 83.8 Å². The molecule has 0 fully saturated rings. The van der Waals surface area contributed by atoms with Crippen LogP contribution in [0.5, 0.6) is 0 Å². The van der Waals surface area contributed by atoms with Gasteiger partial charge in [0.1, 0.15) is 5.01 Å². The van der Waals surface area contributed by atoms with Crippen molar-refractivity contribution >= 4 is 37.5 Å². The summed E-state index contributed by atoms with van der Waals surface area (Å²) in [6.07, 6.45) is 0. The molecule has 1 N–H and O–H groups in total. The Kier molecular flexibility index (Phi) is 6.13. The Hall–Kier alpha value is -3.07. The monoisotopic (exact) mass is 451 g/mol. The first-order chi connectivity index (χ1) is 14.9. The third-order valence-electron chi connectivity index (χ3n) is 4.76. The predicted molar refractivity (Wildman–Crippen MR) is 122 cm³/mol. The van der Waals surface area contributed by atoms with Crippen LogP contribution in [-0.4, -0.2) is 31.3 Å². The molecule has 0 spiro atoms. The first-order valence-electron chi connectivity index (χ1n) is 9.66. The van der Waals surface area contributed by atoms with E-state index in [1.807, 2.05) is 54.6 Å². The van der Waals surface area contributed by atoms with Crippen molar-refractivity contribution in [1.29, 1.82) is 0 Å². The average Bonchev–Trinajstić information content (AvgIpc) is 3.20. The number of hydrogen-bond donors (Lipinski definition) is 1. The molecule has 158 valence electrons. The molecule has 0 atom stereocenters. The second kappa shape index (κ2) is 8.97. The Morgan fingerprint density at radius 3 is 2.52 bits per heavy atom. The van der Waals surface area contributed by atoms with E-state index in [0.29, 0.717) is 12.1 Å². The number of fused-ring (bicyclic) bond motifs is 1. The number of para-hydroxylation sites is 1. The molecule has 0 bridgehead atoms. The fourth-order valence-electron chi connectivity index (χ4n) is 3.14. The van der Waals surface area contributed by atoms with Gasteiger partial charge in [-0.3, -0.25) is 4.79 Å². The van der Waals surface area contributed by atoms with Crippen LogP contribution in [0, 0.1) is 0 Å². The van der Waals surface area contributed by atoms with Crippen LogP contribution in [0.1, 0.15) is 20.9 Å². The van der Waals surface area contributed by atoms with Crippen molar-refractivity contribution in [3.8, 4) is 0 Å². The van der Waals surface area contributed by atoms with Crippen LogP contribution >= 0.6 is 11.3 Å². The lowest BCUT2D eigenvalue weighted by Crippen LogP contribution is -2.27. The number of amides is 1. The molecule has 0 aliphatic heterocycles. The van der Waals surface area contributed by atoms with Gasteiger partial charge in [-0.05, 0) is 35.9 Å². The van der Waals surface area contributed by atoms with E-state index in [0.717, 1.165) is 20.8 Å². The lowest BCUT2D eigenvalue weighted by atomic mass is 10.2. The van der Waals surface area contributed by atoms with E-state index in [1.54, 1.807) is 24.1 Å². The van der Waals surface area contributed by atoms with Gasteiger partial charge in [0.2, 0.25) is 10.0 Å². The number of sulfonamides is 1. The SMILES string of the molecule is CN(Cc1nc2ccccc2s1)C(=O)c1cccc(S(=O)(=O)NCc2ccccc2)c1. The fraction of sp³-hybridized carbons (Fsp3) is 0.130. The Balaban J connectivity index is 1.47. The van der Waals surface area contributed by atoms with Gasteiger partial charge in [0, 0.05) is 19.2 Å².